The van der Waals surface area contributed by atoms with Gasteiger partial charge in [0.25, 0.3) is 5.91 Å². The van der Waals surface area contributed by atoms with Crippen LogP contribution in [0.25, 0.3) is 10.9 Å². The summed E-state index contributed by atoms with van der Waals surface area (Å²) in [5.41, 5.74) is 3.28. The lowest BCUT2D eigenvalue weighted by molar-refractivity contribution is -0.129. The number of nitrogens with zero attached hydrogens (tertiary/aromatic N) is 1. The number of carbonyl (C=O) groups excluding carboxylic acids is 1. The van der Waals surface area contributed by atoms with Crippen molar-refractivity contribution >= 4 is 16.8 Å². The summed E-state index contributed by atoms with van der Waals surface area (Å²) in [4.78, 5) is 17.4. The number of rotatable bonds is 1. The Hall–Kier alpha value is -3.13. The lowest BCUT2D eigenvalue weighted by atomic mass is 9.88. The number of benzene rings is 2. The predicted octanol–water partition coefficient (Wildman–Crippen LogP) is 3.94. The van der Waals surface area contributed by atoms with E-state index in [-0.39, 0.29) is 6.04 Å². The van der Waals surface area contributed by atoms with Crippen LogP contribution in [0.2, 0.25) is 0 Å². The first-order valence-electron chi connectivity index (χ1n) is 8.34. The molecule has 2 heterocycles. The van der Waals surface area contributed by atoms with Gasteiger partial charge in [0.05, 0.1) is 6.04 Å². The van der Waals surface area contributed by atoms with E-state index in [0.717, 1.165) is 34.3 Å². The third kappa shape index (κ3) is 2.38. The number of nitrogens with one attached hydrogen (secondary N) is 1. The van der Waals surface area contributed by atoms with E-state index in [9.17, 15) is 13.6 Å². The van der Waals surface area contributed by atoms with E-state index >= 15 is 0 Å². The molecule has 3 nitrogen and oxygen atoms in total. The van der Waals surface area contributed by atoms with Crippen molar-refractivity contribution < 1.29 is 13.6 Å². The largest absolute Gasteiger partial charge is 0.356 e. The molecule has 0 saturated carbocycles. The maximum atomic E-state index is 13.9. The molecule has 2 aromatic carbocycles. The number of terminal acetylenes is 1. The van der Waals surface area contributed by atoms with Crippen molar-refractivity contribution in [3.8, 4) is 12.3 Å². The van der Waals surface area contributed by atoms with Crippen LogP contribution < -0.4 is 0 Å². The van der Waals surface area contributed by atoms with E-state index in [4.69, 9.17) is 6.42 Å². The van der Waals surface area contributed by atoms with Gasteiger partial charge in [0, 0.05) is 22.6 Å². The minimum Gasteiger partial charge on any atom is -0.356 e. The number of aromatic amines is 1. The number of para-hydroxylation sites is 1. The molecule has 26 heavy (non-hydrogen) atoms. The zero-order valence-corrected chi connectivity index (χ0v) is 14.1. The number of amides is 1. The second-order valence-corrected chi connectivity index (χ2v) is 6.55. The topological polar surface area (TPSA) is 36.1 Å². The van der Waals surface area contributed by atoms with Crippen LogP contribution in [0.15, 0.2) is 42.5 Å². The standard InChI is InChI=1S/C21H16F2N2O/c1-3-19(26)25-12(2)10-15-14-6-4-5-7-18(14)24-20(15)21(25)13-8-9-16(22)17(23)11-13/h1,4-9,11-12,21,24H,10H2,2H3/t12-,21-/m0/s1. The molecule has 5 heteroatoms. The molecule has 1 N–H and O–H groups in total. The summed E-state index contributed by atoms with van der Waals surface area (Å²) in [6.07, 6.45) is 6.00. The first kappa shape index (κ1) is 16.3. The normalized spacial score (nSPS) is 19.2. The van der Waals surface area contributed by atoms with Crippen molar-refractivity contribution in [3.63, 3.8) is 0 Å². The van der Waals surface area contributed by atoms with Gasteiger partial charge in [-0.25, -0.2) is 8.78 Å². The number of hydrogen-bond donors (Lipinski definition) is 1. The maximum Gasteiger partial charge on any atom is 0.299 e. The van der Waals surface area contributed by atoms with Gasteiger partial charge in [-0.2, -0.15) is 0 Å². The molecule has 1 aliphatic rings. The number of hydrogen-bond acceptors (Lipinski definition) is 1. The quantitative estimate of drug-likeness (QED) is 0.663. The number of fused-ring (bicyclic) bond motifs is 3. The molecular formula is C21H16F2N2O. The molecule has 2 atom stereocenters. The van der Waals surface area contributed by atoms with E-state index < -0.39 is 23.6 Å². The highest BCUT2D eigenvalue weighted by molar-refractivity contribution is 5.94. The molecule has 0 bridgehead atoms. The van der Waals surface area contributed by atoms with Crippen LogP contribution in [-0.4, -0.2) is 21.8 Å². The fraction of sp³-hybridized carbons (Fsp3) is 0.190. The SMILES string of the molecule is C#CC(=O)N1[C@@H](c2ccc(F)c(F)c2)c2[nH]c3ccccc3c2C[C@@H]1C. The van der Waals surface area contributed by atoms with E-state index in [2.05, 4.69) is 10.9 Å². The Morgan fingerprint density at radius 1 is 1.23 bits per heavy atom. The minimum atomic E-state index is -0.952. The van der Waals surface area contributed by atoms with Gasteiger partial charge in [-0.3, -0.25) is 4.79 Å². The Morgan fingerprint density at radius 2 is 2.00 bits per heavy atom. The van der Waals surface area contributed by atoms with E-state index in [1.165, 1.54) is 6.07 Å². The van der Waals surface area contributed by atoms with Crippen molar-refractivity contribution in [2.24, 2.45) is 0 Å². The molecule has 3 aromatic rings. The number of carbonyl (C=O) groups is 1. The van der Waals surface area contributed by atoms with Crippen molar-refractivity contribution in [1.82, 2.24) is 9.88 Å². The minimum absolute atomic E-state index is 0.177. The van der Waals surface area contributed by atoms with Gasteiger partial charge < -0.3 is 9.88 Å². The molecule has 0 fully saturated rings. The summed E-state index contributed by atoms with van der Waals surface area (Å²) in [5, 5.41) is 1.06. The van der Waals surface area contributed by atoms with Gasteiger partial charge in [-0.05, 0) is 48.6 Å². The van der Waals surface area contributed by atoms with Crippen LogP contribution in [0, 0.1) is 24.0 Å². The molecule has 130 valence electrons. The third-order valence-corrected chi connectivity index (χ3v) is 4.99. The fourth-order valence-electron chi connectivity index (χ4n) is 3.86. The van der Waals surface area contributed by atoms with Crippen LogP contribution in [0.5, 0.6) is 0 Å². The molecule has 1 amide bonds. The molecule has 1 aliphatic heterocycles. The highest BCUT2D eigenvalue weighted by Gasteiger charge is 2.38. The van der Waals surface area contributed by atoms with Gasteiger partial charge in [0.1, 0.15) is 0 Å². The number of H-pyrrole nitrogens is 1. The number of aromatic nitrogens is 1. The average molecular weight is 350 g/mol. The van der Waals surface area contributed by atoms with Gasteiger partial charge in [0.2, 0.25) is 0 Å². The molecule has 0 aliphatic carbocycles. The molecule has 0 spiro atoms. The van der Waals surface area contributed by atoms with Gasteiger partial charge >= 0.3 is 0 Å². The summed E-state index contributed by atoms with van der Waals surface area (Å²) in [5.74, 6) is -0.194. The first-order chi connectivity index (χ1) is 12.5. The second kappa shape index (κ2) is 5.99. The number of halogens is 2. The third-order valence-electron chi connectivity index (χ3n) is 4.99. The molecular weight excluding hydrogens is 334 g/mol. The molecule has 0 unspecified atom stereocenters. The Kier molecular flexibility index (Phi) is 3.77. The molecule has 1 aromatic heterocycles. The van der Waals surface area contributed by atoms with Crippen molar-refractivity contribution in [2.45, 2.75) is 25.4 Å². The van der Waals surface area contributed by atoms with Crippen molar-refractivity contribution in [1.29, 1.82) is 0 Å². The Balaban J connectivity index is 1.98. The molecule has 0 saturated heterocycles. The zero-order chi connectivity index (χ0) is 18.4. The van der Waals surface area contributed by atoms with Crippen LogP contribution >= 0.6 is 0 Å². The summed E-state index contributed by atoms with van der Waals surface area (Å²) in [7, 11) is 0. The van der Waals surface area contributed by atoms with Gasteiger partial charge in [0.15, 0.2) is 11.6 Å². The first-order valence-corrected chi connectivity index (χ1v) is 8.34. The van der Waals surface area contributed by atoms with Crippen molar-refractivity contribution in [2.75, 3.05) is 0 Å². The monoisotopic (exact) mass is 350 g/mol. The Bertz CT molecular complexity index is 1060. The fourth-order valence-corrected chi connectivity index (χ4v) is 3.86. The summed E-state index contributed by atoms with van der Waals surface area (Å²) in [6, 6.07) is 10.8. The maximum absolute atomic E-state index is 13.9. The van der Waals surface area contributed by atoms with Gasteiger partial charge in [-0.15, -0.1) is 6.42 Å². The van der Waals surface area contributed by atoms with E-state index in [1.807, 2.05) is 31.2 Å². The van der Waals surface area contributed by atoms with E-state index in [0.29, 0.717) is 12.0 Å². The lowest BCUT2D eigenvalue weighted by Crippen LogP contribution is -2.45. The smallest absolute Gasteiger partial charge is 0.299 e. The van der Waals surface area contributed by atoms with Crippen LogP contribution in [0.1, 0.15) is 29.8 Å². The van der Waals surface area contributed by atoms with E-state index in [1.54, 1.807) is 4.90 Å². The lowest BCUT2D eigenvalue weighted by Gasteiger charge is -2.39. The summed E-state index contributed by atoms with van der Waals surface area (Å²) in [6.45, 7) is 1.91. The average Bonchev–Trinajstić information content (AvgIpc) is 3.00. The molecule has 0 radical (unpaired) electrons. The second-order valence-electron chi connectivity index (χ2n) is 6.55. The predicted molar refractivity (Wildman–Crippen MR) is 95.3 cm³/mol. The van der Waals surface area contributed by atoms with Gasteiger partial charge in [-0.1, -0.05) is 24.3 Å². The highest BCUT2D eigenvalue weighted by Crippen LogP contribution is 2.40. The summed E-state index contributed by atoms with van der Waals surface area (Å²) < 4.78 is 27.3. The zero-order valence-electron chi connectivity index (χ0n) is 14.1. The highest BCUT2D eigenvalue weighted by atomic mass is 19.2. The van der Waals surface area contributed by atoms with Crippen molar-refractivity contribution in [3.05, 3.63) is 70.9 Å². The molecule has 4 rings (SSSR count). The Morgan fingerprint density at radius 3 is 2.73 bits per heavy atom. The Labute approximate surface area is 149 Å². The van der Waals surface area contributed by atoms with Crippen LogP contribution in [0.3, 0.4) is 0 Å². The van der Waals surface area contributed by atoms with Crippen LogP contribution in [0.4, 0.5) is 8.78 Å². The van der Waals surface area contributed by atoms with Crippen LogP contribution in [-0.2, 0) is 11.2 Å². The summed E-state index contributed by atoms with van der Waals surface area (Å²) >= 11 is 0.